The molecule has 1 aromatic heterocycles. The number of urea groups is 1. The van der Waals surface area contributed by atoms with Crippen molar-refractivity contribution < 1.29 is 9.90 Å². The number of β-amino-alcohol motifs (C(OH)–C–C–N with tert-alkyl or cyclic N) is 1. The van der Waals surface area contributed by atoms with Gasteiger partial charge in [0.25, 0.3) is 0 Å². The predicted molar refractivity (Wildman–Crippen MR) is 91.5 cm³/mol. The van der Waals surface area contributed by atoms with Crippen LogP contribution in [0.5, 0.6) is 0 Å². The van der Waals surface area contributed by atoms with Gasteiger partial charge >= 0.3 is 6.03 Å². The molecule has 3 aliphatic rings. The molecule has 0 radical (unpaired) electrons. The number of aromatic amines is 1. The smallest absolute Gasteiger partial charge is 0.325 e. The monoisotopic (exact) mass is 323 g/mol. The molecule has 1 atom stereocenters. The summed E-state index contributed by atoms with van der Waals surface area (Å²) in [5.41, 5.74) is 4.40. The Hall–Kier alpha value is -2.27. The van der Waals surface area contributed by atoms with Gasteiger partial charge in [-0.3, -0.25) is 4.90 Å². The molecule has 1 unspecified atom stereocenters. The molecule has 1 aromatic carbocycles. The molecule has 5 nitrogen and oxygen atoms in total. The fraction of sp³-hybridized carbons (Fsp3) is 0.421. The Morgan fingerprint density at radius 1 is 1.29 bits per heavy atom. The first-order valence-corrected chi connectivity index (χ1v) is 8.78. The van der Waals surface area contributed by atoms with Gasteiger partial charge in [-0.05, 0) is 37.3 Å². The summed E-state index contributed by atoms with van der Waals surface area (Å²) in [5, 5.41) is 10.7. The average Bonchev–Trinajstić information content (AvgIpc) is 3.10. The second-order valence-corrected chi connectivity index (χ2v) is 6.93. The zero-order chi connectivity index (χ0) is 16.3. The zero-order valence-electron chi connectivity index (χ0n) is 13.6. The topological polar surface area (TPSA) is 59.6 Å². The number of carbonyl (C=O) groups excluding carboxylic acids is 1. The third-order valence-corrected chi connectivity index (χ3v) is 5.85. The number of hydrogen-bond donors (Lipinski definition) is 2. The number of amides is 2. The third kappa shape index (κ3) is 1.55. The molecule has 1 aliphatic carbocycles. The van der Waals surface area contributed by atoms with Crippen LogP contribution in [0, 0.1) is 0 Å². The summed E-state index contributed by atoms with van der Waals surface area (Å²) in [5.74, 6) is 0. The summed E-state index contributed by atoms with van der Waals surface area (Å²) in [7, 11) is 0. The lowest BCUT2D eigenvalue weighted by Gasteiger charge is -2.43. The third-order valence-electron chi connectivity index (χ3n) is 5.85. The average molecular weight is 323 g/mol. The molecule has 0 bridgehead atoms. The maximum Gasteiger partial charge on any atom is 0.325 e. The molecule has 2 N–H and O–H groups in total. The Labute approximate surface area is 140 Å². The predicted octanol–water partition coefficient (Wildman–Crippen LogP) is 2.72. The number of benzene rings is 1. The van der Waals surface area contributed by atoms with E-state index >= 15 is 0 Å². The normalized spacial score (nSPS) is 25.5. The second kappa shape index (κ2) is 4.86. The second-order valence-electron chi connectivity index (χ2n) is 6.93. The van der Waals surface area contributed by atoms with Gasteiger partial charge in [-0.1, -0.05) is 24.3 Å². The van der Waals surface area contributed by atoms with Gasteiger partial charge in [0, 0.05) is 17.4 Å². The molecule has 124 valence electrons. The van der Waals surface area contributed by atoms with E-state index in [4.69, 9.17) is 0 Å². The summed E-state index contributed by atoms with van der Waals surface area (Å²) < 4.78 is 0. The first kappa shape index (κ1) is 14.1. The molecular weight excluding hydrogens is 302 g/mol. The Morgan fingerprint density at radius 3 is 3.04 bits per heavy atom. The minimum absolute atomic E-state index is 0.00738. The van der Waals surface area contributed by atoms with Gasteiger partial charge in [0.05, 0.1) is 24.5 Å². The van der Waals surface area contributed by atoms with Crippen molar-refractivity contribution >= 4 is 16.9 Å². The summed E-state index contributed by atoms with van der Waals surface area (Å²) in [6, 6.07) is 8.46. The minimum Gasteiger partial charge on any atom is -0.395 e. The molecule has 3 heterocycles. The van der Waals surface area contributed by atoms with E-state index in [0.717, 1.165) is 43.4 Å². The molecule has 5 heteroatoms. The molecule has 1 saturated heterocycles. The zero-order valence-corrected chi connectivity index (χ0v) is 13.6. The van der Waals surface area contributed by atoms with Gasteiger partial charge in [0.15, 0.2) is 0 Å². The quantitative estimate of drug-likeness (QED) is 0.893. The number of fused-ring (bicyclic) bond motifs is 3. The van der Waals surface area contributed by atoms with Crippen LogP contribution in [0.1, 0.15) is 30.5 Å². The molecule has 0 saturated carbocycles. The minimum atomic E-state index is -0.364. The van der Waals surface area contributed by atoms with Crippen LogP contribution < -0.4 is 0 Å². The SMILES string of the molecule is O=C1N(CCO)C2=CCCCC23c2[nH]c4ccccc4c2CCN13. The number of rotatable bonds is 2. The number of aliphatic hydroxyl groups excluding tert-OH is 1. The van der Waals surface area contributed by atoms with Crippen LogP contribution in [0.25, 0.3) is 10.9 Å². The number of H-pyrrole nitrogens is 1. The number of para-hydroxylation sites is 1. The number of nitrogens with zero attached hydrogens (tertiary/aromatic N) is 2. The van der Waals surface area contributed by atoms with Crippen molar-refractivity contribution in [1.82, 2.24) is 14.8 Å². The van der Waals surface area contributed by atoms with Gasteiger partial charge in [0.2, 0.25) is 0 Å². The highest BCUT2D eigenvalue weighted by Crippen LogP contribution is 2.53. The summed E-state index contributed by atoms with van der Waals surface area (Å²) in [6.07, 6.45) is 6.11. The molecular formula is C19H21N3O2. The van der Waals surface area contributed by atoms with Crippen molar-refractivity contribution in [3.63, 3.8) is 0 Å². The van der Waals surface area contributed by atoms with Crippen LogP contribution in [-0.4, -0.2) is 45.6 Å². The molecule has 2 amide bonds. The Kier molecular flexibility index (Phi) is 2.86. The number of aliphatic hydroxyl groups is 1. The van der Waals surface area contributed by atoms with E-state index in [2.05, 4.69) is 35.3 Å². The Balaban J connectivity index is 1.78. The van der Waals surface area contributed by atoms with E-state index in [9.17, 15) is 9.90 Å². The molecule has 1 spiro atoms. The highest BCUT2D eigenvalue weighted by Gasteiger charge is 2.58. The van der Waals surface area contributed by atoms with E-state index < -0.39 is 0 Å². The standard InChI is InChI=1S/C19H21N3O2/c23-12-11-21-16-7-3-4-9-19(16)17-14(8-10-22(19)18(21)24)13-5-1-2-6-15(13)20-17/h1-2,5-7,20,23H,3-4,8-12H2. The Morgan fingerprint density at radius 2 is 2.17 bits per heavy atom. The number of carbonyl (C=O) groups is 1. The van der Waals surface area contributed by atoms with Crippen LogP contribution in [-0.2, 0) is 12.0 Å². The molecule has 2 aromatic rings. The van der Waals surface area contributed by atoms with Gasteiger partial charge in [-0.25, -0.2) is 4.79 Å². The van der Waals surface area contributed by atoms with E-state index in [1.165, 1.54) is 16.6 Å². The lowest BCUT2D eigenvalue weighted by molar-refractivity contribution is 0.139. The molecule has 2 aliphatic heterocycles. The van der Waals surface area contributed by atoms with Crippen molar-refractivity contribution in [2.24, 2.45) is 0 Å². The first-order valence-electron chi connectivity index (χ1n) is 8.78. The maximum absolute atomic E-state index is 13.0. The summed E-state index contributed by atoms with van der Waals surface area (Å²) in [4.78, 5) is 20.5. The van der Waals surface area contributed by atoms with Crippen LogP contribution in [0.2, 0.25) is 0 Å². The van der Waals surface area contributed by atoms with Crippen LogP contribution in [0.15, 0.2) is 36.0 Å². The van der Waals surface area contributed by atoms with Gasteiger partial charge in [-0.2, -0.15) is 0 Å². The van der Waals surface area contributed by atoms with Crippen molar-refractivity contribution in [3.05, 3.63) is 47.3 Å². The molecule has 24 heavy (non-hydrogen) atoms. The molecule has 1 fully saturated rings. The van der Waals surface area contributed by atoms with Crippen molar-refractivity contribution in [2.75, 3.05) is 19.7 Å². The Bertz CT molecular complexity index is 869. The van der Waals surface area contributed by atoms with Gasteiger partial charge in [0.1, 0.15) is 5.54 Å². The van der Waals surface area contributed by atoms with Crippen molar-refractivity contribution in [1.29, 1.82) is 0 Å². The maximum atomic E-state index is 13.0. The number of allylic oxidation sites excluding steroid dienone is 1. The molecule has 5 rings (SSSR count). The highest BCUT2D eigenvalue weighted by atomic mass is 16.3. The van der Waals surface area contributed by atoms with Crippen LogP contribution >= 0.6 is 0 Å². The lowest BCUT2D eigenvalue weighted by Crippen LogP contribution is -2.49. The van der Waals surface area contributed by atoms with Crippen molar-refractivity contribution in [2.45, 2.75) is 31.2 Å². The summed E-state index contributed by atoms with van der Waals surface area (Å²) >= 11 is 0. The van der Waals surface area contributed by atoms with Gasteiger partial charge in [-0.15, -0.1) is 0 Å². The fourth-order valence-corrected chi connectivity index (χ4v) is 4.94. The summed E-state index contributed by atoms with van der Waals surface area (Å²) in [6.45, 7) is 1.11. The fourth-order valence-electron chi connectivity index (χ4n) is 4.94. The van der Waals surface area contributed by atoms with Crippen LogP contribution in [0.4, 0.5) is 4.79 Å². The van der Waals surface area contributed by atoms with E-state index in [0.29, 0.717) is 6.54 Å². The number of nitrogens with one attached hydrogen (secondary N) is 1. The van der Waals surface area contributed by atoms with Crippen LogP contribution in [0.3, 0.4) is 0 Å². The van der Waals surface area contributed by atoms with E-state index in [1.54, 1.807) is 4.90 Å². The lowest BCUT2D eigenvalue weighted by atomic mass is 9.76. The first-order chi connectivity index (χ1) is 11.8. The highest BCUT2D eigenvalue weighted by molar-refractivity contribution is 5.89. The number of hydrogen-bond acceptors (Lipinski definition) is 2. The van der Waals surface area contributed by atoms with E-state index in [1.807, 2.05) is 4.90 Å². The van der Waals surface area contributed by atoms with Crippen molar-refractivity contribution in [3.8, 4) is 0 Å². The number of aromatic nitrogens is 1. The largest absolute Gasteiger partial charge is 0.395 e. The van der Waals surface area contributed by atoms with Gasteiger partial charge < -0.3 is 15.0 Å². The van der Waals surface area contributed by atoms with E-state index in [-0.39, 0.29) is 18.2 Å².